The molecule has 0 spiro atoms. The van der Waals surface area contributed by atoms with Gasteiger partial charge < -0.3 is 16.8 Å². The summed E-state index contributed by atoms with van der Waals surface area (Å²) in [4.78, 5) is 19.3. The zero-order valence-electron chi connectivity index (χ0n) is 10.1. The monoisotopic (exact) mass is 260 g/mol. The van der Waals surface area contributed by atoms with Crippen molar-refractivity contribution in [3.8, 4) is 0 Å². The van der Waals surface area contributed by atoms with Crippen LogP contribution in [-0.2, 0) is 4.79 Å². The Bertz CT molecular complexity index is 626. The molecule has 0 aliphatic rings. The quantitative estimate of drug-likeness (QED) is 0.475. The molecular formula is C10H12N8O. The van der Waals surface area contributed by atoms with Crippen LogP contribution in [0.15, 0.2) is 12.4 Å². The fraction of sp³-hybridized carbons (Fsp3) is 0.100. The highest BCUT2D eigenvalue weighted by Gasteiger charge is 2.19. The molecule has 0 fully saturated rings. The van der Waals surface area contributed by atoms with Crippen LogP contribution in [0.2, 0.25) is 0 Å². The van der Waals surface area contributed by atoms with E-state index in [4.69, 9.17) is 16.9 Å². The van der Waals surface area contributed by atoms with E-state index in [2.05, 4.69) is 25.5 Å². The van der Waals surface area contributed by atoms with Crippen molar-refractivity contribution in [2.24, 2.45) is 0 Å². The number of aromatic amines is 1. The van der Waals surface area contributed by atoms with Gasteiger partial charge in [-0.05, 0) is 6.92 Å². The van der Waals surface area contributed by atoms with Crippen molar-refractivity contribution in [2.45, 2.75) is 6.92 Å². The second-order valence-corrected chi connectivity index (χ2v) is 3.78. The van der Waals surface area contributed by atoms with Gasteiger partial charge in [-0.2, -0.15) is 5.10 Å². The lowest BCUT2D eigenvalue weighted by atomic mass is 10.1. The summed E-state index contributed by atoms with van der Waals surface area (Å²) in [6.45, 7) is 1.79. The fourth-order valence-corrected chi connectivity index (χ4v) is 1.44. The first-order valence-electron chi connectivity index (χ1n) is 5.27. The molecule has 0 radical (unpaired) electrons. The van der Waals surface area contributed by atoms with Gasteiger partial charge in [-0.1, -0.05) is 0 Å². The maximum atomic E-state index is 11.9. The summed E-state index contributed by atoms with van der Waals surface area (Å²) in [7, 11) is 0. The van der Waals surface area contributed by atoms with E-state index in [1.807, 2.05) is 0 Å². The molecule has 0 atom stereocenters. The van der Waals surface area contributed by atoms with Crippen molar-refractivity contribution in [3.63, 3.8) is 0 Å². The summed E-state index contributed by atoms with van der Waals surface area (Å²) in [6.07, 6.45) is 1.16. The third-order valence-corrected chi connectivity index (χ3v) is 2.33. The van der Waals surface area contributed by atoms with Crippen LogP contribution in [0, 0.1) is 12.3 Å². The average molecular weight is 260 g/mol. The van der Waals surface area contributed by atoms with Crippen molar-refractivity contribution < 1.29 is 4.79 Å². The Balaban J connectivity index is 2.22. The van der Waals surface area contributed by atoms with Crippen molar-refractivity contribution in [1.29, 1.82) is 5.41 Å². The number of carbonyl (C=O) groups excluding carboxylic acids is 1. The lowest BCUT2D eigenvalue weighted by Gasteiger charge is -2.07. The fourth-order valence-electron chi connectivity index (χ4n) is 1.44. The minimum Gasteiger partial charge on any atom is -0.383 e. The molecule has 2 aromatic rings. The molecule has 98 valence electrons. The normalized spacial score (nSPS) is 10.2. The molecule has 2 aromatic heterocycles. The second kappa shape index (κ2) is 4.72. The highest BCUT2D eigenvalue weighted by atomic mass is 16.1. The van der Waals surface area contributed by atoms with Gasteiger partial charge in [0, 0.05) is 11.8 Å². The number of nitrogens with zero attached hydrogens (tertiary/aromatic N) is 3. The van der Waals surface area contributed by atoms with Crippen molar-refractivity contribution in [1.82, 2.24) is 20.2 Å². The van der Waals surface area contributed by atoms with Crippen LogP contribution in [0.4, 0.5) is 17.5 Å². The summed E-state index contributed by atoms with van der Waals surface area (Å²) in [5.74, 6) is -0.433. The molecule has 0 saturated carbocycles. The molecule has 19 heavy (non-hydrogen) atoms. The molecular weight excluding hydrogens is 248 g/mol. The third-order valence-electron chi connectivity index (χ3n) is 2.33. The summed E-state index contributed by atoms with van der Waals surface area (Å²) < 4.78 is 0. The third kappa shape index (κ3) is 2.49. The summed E-state index contributed by atoms with van der Waals surface area (Å²) >= 11 is 0. The smallest absolute Gasteiger partial charge is 0.275 e. The molecule has 9 heteroatoms. The van der Waals surface area contributed by atoms with Gasteiger partial charge in [-0.3, -0.25) is 15.3 Å². The summed E-state index contributed by atoms with van der Waals surface area (Å²) in [6, 6.07) is 1.62. The molecule has 0 aromatic carbocycles. The van der Waals surface area contributed by atoms with Gasteiger partial charge >= 0.3 is 0 Å². The maximum absolute atomic E-state index is 11.9. The van der Waals surface area contributed by atoms with E-state index < -0.39 is 11.6 Å². The number of nitrogens with one attached hydrogen (secondary N) is 3. The number of nitrogen functional groups attached to an aromatic ring is 2. The number of amides is 1. The predicted molar refractivity (Wildman–Crippen MR) is 69.6 cm³/mol. The Morgan fingerprint density at radius 3 is 2.53 bits per heavy atom. The topological polar surface area (TPSA) is 159 Å². The van der Waals surface area contributed by atoms with Gasteiger partial charge in [-0.25, -0.2) is 9.97 Å². The van der Waals surface area contributed by atoms with E-state index in [9.17, 15) is 4.79 Å². The van der Waals surface area contributed by atoms with E-state index in [1.165, 1.54) is 0 Å². The molecule has 0 unspecified atom stereocenters. The summed E-state index contributed by atoms with van der Waals surface area (Å²) in [5.41, 5.74) is 11.5. The van der Waals surface area contributed by atoms with Crippen molar-refractivity contribution >= 4 is 29.1 Å². The summed E-state index contributed by atoms with van der Waals surface area (Å²) in [5, 5.41) is 16.7. The minimum atomic E-state index is -0.695. The number of aromatic nitrogens is 4. The Morgan fingerprint density at radius 1 is 1.37 bits per heavy atom. The molecule has 0 saturated heterocycles. The SMILES string of the molecule is Cc1cc(NC(=O)C(=N)c2c(N)ncnc2N)n[nH]1. The first-order chi connectivity index (χ1) is 8.99. The molecule has 7 N–H and O–H groups in total. The number of rotatable bonds is 3. The van der Waals surface area contributed by atoms with E-state index in [1.54, 1.807) is 13.0 Å². The number of nitrogens with two attached hydrogens (primary N) is 2. The lowest BCUT2D eigenvalue weighted by Crippen LogP contribution is -2.25. The maximum Gasteiger partial charge on any atom is 0.275 e. The van der Waals surface area contributed by atoms with Gasteiger partial charge in [-0.15, -0.1) is 0 Å². The largest absolute Gasteiger partial charge is 0.383 e. The Labute approximate surface area is 107 Å². The van der Waals surface area contributed by atoms with Gasteiger partial charge in [0.15, 0.2) is 5.82 Å². The zero-order valence-corrected chi connectivity index (χ0v) is 10.1. The lowest BCUT2D eigenvalue weighted by molar-refractivity contribution is -0.110. The van der Waals surface area contributed by atoms with Crippen LogP contribution >= 0.6 is 0 Å². The van der Waals surface area contributed by atoms with E-state index in [-0.39, 0.29) is 17.2 Å². The molecule has 2 rings (SSSR count). The number of anilines is 3. The highest BCUT2D eigenvalue weighted by molar-refractivity contribution is 6.49. The molecule has 0 aliphatic heterocycles. The van der Waals surface area contributed by atoms with Crippen LogP contribution < -0.4 is 16.8 Å². The number of H-pyrrole nitrogens is 1. The van der Waals surface area contributed by atoms with E-state index >= 15 is 0 Å². The van der Waals surface area contributed by atoms with E-state index in [0.717, 1.165) is 12.0 Å². The van der Waals surface area contributed by atoms with Crippen molar-refractivity contribution in [3.05, 3.63) is 23.7 Å². The predicted octanol–water partition coefficient (Wildman–Crippen LogP) is -0.321. The molecule has 9 nitrogen and oxygen atoms in total. The van der Waals surface area contributed by atoms with Gasteiger partial charge in [0.2, 0.25) is 0 Å². The van der Waals surface area contributed by atoms with Crippen LogP contribution in [0.25, 0.3) is 0 Å². The number of carbonyl (C=O) groups is 1. The first kappa shape index (κ1) is 12.5. The number of aryl methyl sites for hydroxylation is 1. The highest BCUT2D eigenvalue weighted by Crippen LogP contribution is 2.15. The minimum absolute atomic E-state index is 0.00672. The van der Waals surface area contributed by atoms with Crippen LogP contribution in [0.1, 0.15) is 11.3 Å². The van der Waals surface area contributed by atoms with E-state index in [0.29, 0.717) is 5.82 Å². The molecule has 0 bridgehead atoms. The number of hydrogen-bond acceptors (Lipinski definition) is 7. The van der Waals surface area contributed by atoms with Gasteiger partial charge in [0.05, 0.1) is 5.56 Å². The van der Waals surface area contributed by atoms with Gasteiger partial charge in [0.25, 0.3) is 5.91 Å². The molecule has 0 aliphatic carbocycles. The van der Waals surface area contributed by atoms with Crippen LogP contribution in [-0.4, -0.2) is 31.8 Å². The van der Waals surface area contributed by atoms with Crippen molar-refractivity contribution in [2.75, 3.05) is 16.8 Å². The average Bonchev–Trinajstić information content (AvgIpc) is 2.74. The Hall–Kier alpha value is -2.97. The first-order valence-corrected chi connectivity index (χ1v) is 5.27. The standard InChI is InChI=1S/C10H12N8O/c1-4-2-5(18-17-4)16-10(19)7(11)6-8(12)14-3-15-9(6)13/h2-3,11H,1H3,(H4,12,13,14,15)(H2,16,17,18,19). The molecule has 1 amide bonds. The number of hydrogen-bond donors (Lipinski definition) is 5. The second-order valence-electron chi connectivity index (χ2n) is 3.78. The van der Waals surface area contributed by atoms with Crippen LogP contribution in [0.5, 0.6) is 0 Å². The van der Waals surface area contributed by atoms with Crippen LogP contribution in [0.3, 0.4) is 0 Å². The Morgan fingerprint density at radius 2 is 2.00 bits per heavy atom. The molecule has 2 heterocycles. The zero-order chi connectivity index (χ0) is 14.0. The van der Waals surface area contributed by atoms with Gasteiger partial charge in [0.1, 0.15) is 23.7 Å². The Kier molecular flexibility index (Phi) is 3.10.